The SMILES string of the molecule is CC(C)(C)[Si](C)(C)C1(Br)C(c2ccccc2)N1c1ccccc1. The maximum Gasteiger partial charge on any atom is 0.109 e. The van der Waals surface area contributed by atoms with Crippen LogP contribution >= 0.6 is 15.9 Å². The third kappa shape index (κ3) is 2.49. The van der Waals surface area contributed by atoms with Crippen molar-refractivity contribution in [1.29, 1.82) is 0 Å². The van der Waals surface area contributed by atoms with Crippen LogP contribution in [0.2, 0.25) is 18.1 Å². The molecule has 0 N–H and O–H groups in total. The zero-order valence-electron chi connectivity index (χ0n) is 14.7. The zero-order valence-corrected chi connectivity index (χ0v) is 17.3. The molecule has 23 heavy (non-hydrogen) atoms. The lowest BCUT2D eigenvalue weighted by Crippen LogP contribution is -2.51. The molecule has 1 nitrogen and oxygen atoms in total. The molecule has 0 aliphatic carbocycles. The van der Waals surface area contributed by atoms with E-state index in [4.69, 9.17) is 0 Å². The molecule has 0 amide bonds. The van der Waals surface area contributed by atoms with Crippen molar-refractivity contribution in [2.75, 3.05) is 4.90 Å². The summed E-state index contributed by atoms with van der Waals surface area (Å²) >= 11 is 4.24. The first-order chi connectivity index (χ1) is 10.7. The summed E-state index contributed by atoms with van der Waals surface area (Å²) in [6, 6.07) is 22.1. The van der Waals surface area contributed by atoms with Gasteiger partial charge < -0.3 is 4.90 Å². The van der Waals surface area contributed by atoms with Gasteiger partial charge in [0.1, 0.15) is 4.07 Å². The van der Waals surface area contributed by atoms with Gasteiger partial charge in [-0.3, -0.25) is 0 Å². The van der Waals surface area contributed by atoms with E-state index in [1.807, 2.05) is 0 Å². The molecule has 0 spiro atoms. The average molecular weight is 388 g/mol. The maximum atomic E-state index is 4.24. The molecule has 1 aliphatic heterocycles. The van der Waals surface area contributed by atoms with Gasteiger partial charge in [0.05, 0.1) is 14.1 Å². The van der Waals surface area contributed by atoms with E-state index >= 15 is 0 Å². The minimum atomic E-state index is -1.64. The fourth-order valence-electron chi connectivity index (χ4n) is 3.37. The lowest BCUT2D eigenvalue weighted by molar-refractivity contribution is 0.707. The number of nitrogens with zero attached hydrogens (tertiary/aromatic N) is 1. The van der Waals surface area contributed by atoms with Gasteiger partial charge in [-0.1, -0.05) is 98.3 Å². The summed E-state index contributed by atoms with van der Waals surface area (Å²) in [5.41, 5.74) is 2.71. The Kier molecular flexibility index (Phi) is 4.01. The molecule has 0 aromatic heterocycles. The second-order valence-electron chi connectivity index (χ2n) is 8.07. The first-order valence-electron chi connectivity index (χ1n) is 8.29. The van der Waals surface area contributed by atoms with E-state index in [9.17, 15) is 0 Å². The van der Waals surface area contributed by atoms with Crippen LogP contribution in [0.4, 0.5) is 5.69 Å². The lowest BCUT2D eigenvalue weighted by Gasteiger charge is -2.41. The van der Waals surface area contributed by atoms with Crippen molar-refractivity contribution >= 4 is 29.7 Å². The van der Waals surface area contributed by atoms with Crippen molar-refractivity contribution < 1.29 is 0 Å². The van der Waals surface area contributed by atoms with E-state index in [0.717, 1.165) is 0 Å². The van der Waals surface area contributed by atoms with Gasteiger partial charge in [0, 0.05) is 5.69 Å². The first kappa shape index (κ1) is 16.8. The maximum absolute atomic E-state index is 4.24. The summed E-state index contributed by atoms with van der Waals surface area (Å²) in [6.45, 7) is 12.2. The predicted octanol–water partition coefficient (Wildman–Crippen LogP) is 6.39. The smallest absolute Gasteiger partial charge is 0.109 e. The molecule has 122 valence electrons. The standard InChI is InChI=1S/C20H26BrNSi/c1-19(2,3)23(4,5)20(21)18(16-12-8-6-9-13-16)22(20)17-14-10-7-11-15-17/h6-15,18H,1-5H3. The van der Waals surface area contributed by atoms with E-state index in [2.05, 4.69) is 115 Å². The molecule has 1 aliphatic rings. The number of anilines is 1. The topological polar surface area (TPSA) is 3.01 Å². The molecule has 3 rings (SSSR count). The van der Waals surface area contributed by atoms with Crippen LogP contribution in [0.25, 0.3) is 0 Å². The molecular weight excluding hydrogens is 362 g/mol. The summed E-state index contributed by atoms with van der Waals surface area (Å²) in [6.07, 6.45) is 0. The van der Waals surface area contributed by atoms with E-state index in [-0.39, 0.29) is 4.07 Å². The van der Waals surface area contributed by atoms with Crippen molar-refractivity contribution in [3.05, 3.63) is 66.2 Å². The number of halogens is 1. The Bertz CT molecular complexity index is 630. The van der Waals surface area contributed by atoms with Gasteiger partial charge in [0.15, 0.2) is 0 Å². The van der Waals surface area contributed by atoms with Gasteiger partial charge >= 0.3 is 0 Å². The van der Waals surface area contributed by atoms with Gasteiger partial charge in [-0.25, -0.2) is 0 Å². The van der Waals surface area contributed by atoms with Crippen LogP contribution in [0.3, 0.4) is 0 Å². The van der Waals surface area contributed by atoms with Crippen molar-refractivity contribution in [3.63, 3.8) is 0 Å². The molecule has 1 saturated heterocycles. The molecule has 0 radical (unpaired) electrons. The Morgan fingerprint density at radius 3 is 1.87 bits per heavy atom. The summed E-state index contributed by atoms with van der Waals surface area (Å²) in [4.78, 5) is 2.58. The van der Waals surface area contributed by atoms with Crippen molar-refractivity contribution in [3.8, 4) is 0 Å². The zero-order chi connectivity index (χ0) is 16.9. The molecule has 0 saturated carbocycles. The van der Waals surface area contributed by atoms with Crippen LogP contribution in [0.5, 0.6) is 0 Å². The fourth-order valence-corrected chi connectivity index (χ4v) is 8.76. The minimum absolute atomic E-state index is 0.0565. The molecule has 2 aromatic rings. The van der Waals surface area contributed by atoms with Gasteiger partial charge in [-0.2, -0.15) is 0 Å². The third-order valence-electron chi connectivity index (χ3n) is 5.80. The third-order valence-corrected chi connectivity index (χ3v) is 15.6. The number of benzene rings is 2. The molecule has 2 aromatic carbocycles. The Hall–Kier alpha value is -1.06. The molecule has 0 bridgehead atoms. The highest BCUT2D eigenvalue weighted by molar-refractivity contribution is 9.10. The summed E-state index contributed by atoms with van der Waals surface area (Å²) in [5.74, 6) is 0. The van der Waals surface area contributed by atoms with Gasteiger partial charge in [-0.05, 0) is 22.7 Å². The Morgan fingerprint density at radius 2 is 1.39 bits per heavy atom. The van der Waals surface area contributed by atoms with Crippen molar-refractivity contribution in [2.24, 2.45) is 0 Å². The van der Waals surface area contributed by atoms with E-state index < -0.39 is 8.07 Å². The highest BCUT2D eigenvalue weighted by atomic mass is 79.9. The first-order valence-corrected chi connectivity index (χ1v) is 12.1. The van der Waals surface area contributed by atoms with Crippen LogP contribution in [-0.4, -0.2) is 12.1 Å². The molecule has 2 unspecified atom stereocenters. The molecule has 3 heteroatoms. The van der Waals surface area contributed by atoms with Crippen LogP contribution < -0.4 is 4.90 Å². The molecular formula is C20H26BrNSi. The number of hydrogen-bond acceptors (Lipinski definition) is 1. The predicted molar refractivity (Wildman–Crippen MR) is 107 cm³/mol. The summed E-state index contributed by atoms with van der Waals surface area (Å²) in [7, 11) is -1.64. The van der Waals surface area contributed by atoms with E-state index in [0.29, 0.717) is 11.1 Å². The largest absolute Gasteiger partial charge is 0.347 e. The van der Waals surface area contributed by atoms with Crippen LogP contribution in [0, 0.1) is 0 Å². The second-order valence-corrected chi connectivity index (χ2v) is 15.5. The lowest BCUT2D eigenvalue weighted by atomic mass is 10.1. The number of para-hydroxylation sites is 1. The molecule has 1 heterocycles. The van der Waals surface area contributed by atoms with E-state index in [1.54, 1.807) is 0 Å². The van der Waals surface area contributed by atoms with Crippen molar-refractivity contribution in [2.45, 2.75) is 49.0 Å². The van der Waals surface area contributed by atoms with Gasteiger partial charge in [0.2, 0.25) is 0 Å². The monoisotopic (exact) mass is 387 g/mol. The minimum Gasteiger partial charge on any atom is -0.347 e. The van der Waals surface area contributed by atoms with Crippen LogP contribution in [0.1, 0.15) is 32.4 Å². The molecule has 2 atom stereocenters. The van der Waals surface area contributed by atoms with Gasteiger partial charge in [0.25, 0.3) is 0 Å². The van der Waals surface area contributed by atoms with E-state index in [1.165, 1.54) is 11.3 Å². The van der Waals surface area contributed by atoms with Crippen molar-refractivity contribution in [1.82, 2.24) is 0 Å². The highest BCUT2D eigenvalue weighted by Crippen LogP contribution is 2.67. The average Bonchev–Trinajstić information content (AvgIpc) is 3.16. The van der Waals surface area contributed by atoms with Crippen LogP contribution in [-0.2, 0) is 0 Å². The fraction of sp³-hybridized carbons (Fsp3) is 0.400. The quantitative estimate of drug-likeness (QED) is 0.255. The highest BCUT2D eigenvalue weighted by Gasteiger charge is 2.72. The normalized spacial score (nSPS) is 24.6. The Morgan fingerprint density at radius 1 is 0.913 bits per heavy atom. The summed E-state index contributed by atoms with van der Waals surface area (Å²) < 4.78 is 0.0565. The Labute approximate surface area is 149 Å². The number of hydrogen-bond donors (Lipinski definition) is 0. The summed E-state index contributed by atoms with van der Waals surface area (Å²) in [5, 5.41) is 0.313. The number of alkyl halides is 1. The molecule has 1 fully saturated rings. The van der Waals surface area contributed by atoms with Crippen LogP contribution in [0.15, 0.2) is 60.7 Å². The Balaban J connectivity index is 2.10. The van der Waals surface area contributed by atoms with Gasteiger partial charge in [-0.15, -0.1) is 0 Å². The number of rotatable bonds is 3. The second kappa shape index (κ2) is 5.49.